The predicted octanol–water partition coefficient (Wildman–Crippen LogP) is 2.84. The Labute approximate surface area is 142 Å². The normalized spacial score (nSPS) is 15.4. The van der Waals surface area contributed by atoms with Crippen LogP contribution in [0.25, 0.3) is 10.9 Å². The number of nitrogens with one attached hydrogen (secondary N) is 1. The molecule has 0 saturated carbocycles. The van der Waals surface area contributed by atoms with E-state index in [4.69, 9.17) is 4.74 Å². The van der Waals surface area contributed by atoms with Crippen molar-refractivity contribution < 1.29 is 22.7 Å². The summed E-state index contributed by atoms with van der Waals surface area (Å²) < 4.78 is 44.0. The third-order valence-corrected chi connectivity index (χ3v) is 4.10. The molecule has 5 nitrogen and oxygen atoms in total. The van der Waals surface area contributed by atoms with Gasteiger partial charge in [-0.1, -0.05) is 6.07 Å². The number of halogens is 3. The highest BCUT2D eigenvalue weighted by molar-refractivity contribution is 6.05. The van der Waals surface area contributed by atoms with Gasteiger partial charge in [0.2, 0.25) is 0 Å². The van der Waals surface area contributed by atoms with Crippen molar-refractivity contribution in [3.8, 4) is 0 Å². The number of alkyl halides is 3. The van der Waals surface area contributed by atoms with Crippen LogP contribution < -0.4 is 10.2 Å². The van der Waals surface area contributed by atoms with E-state index in [0.29, 0.717) is 24.2 Å². The van der Waals surface area contributed by atoms with E-state index >= 15 is 0 Å². The van der Waals surface area contributed by atoms with E-state index in [9.17, 15) is 18.0 Å². The zero-order valence-electron chi connectivity index (χ0n) is 13.7. The summed E-state index contributed by atoms with van der Waals surface area (Å²) in [7, 11) is 0. The lowest BCUT2D eigenvalue weighted by Gasteiger charge is -2.31. The number of aromatic nitrogens is 1. The second-order valence-corrected chi connectivity index (χ2v) is 5.71. The largest absolute Gasteiger partial charge is 0.462 e. The van der Waals surface area contributed by atoms with Gasteiger partial charge >= 0.3 is 12.1 Å². The predicted molar refractivity (Wildman–Crippen MR) is 87.8 cm³/mol. The molecule has 1 saturated heterocycles. The van der Waals surface area contributed by atoms with Crippen molar-refractivity contribution in [3.05, 3.63) is 35.5 Å². The minimum absolute atomic E-state index is 0.205. The monoisotopic (exact) mass is 353 g/mol. The molecule has 0 amide bonds. The fourth-order valence-electron chi connectivity index (χ4n) is 2.94. The molecule has 1 aromatic heterocycles. The van der Waals surface area contributed by atoms with E-state index in [2.05, 4.69) is 10.3 Å². The molecule has 1 aliphatic heterocycles. The number of benzene rings is 1. The average Bonchev–Trinajstić information content (AvgIpc) is 2.60. The minimum atomic E-state index is -4.44. The lowest BCUT2D eigenvalue weighted by molar-refractivity contribution is -0.137. The smallest absolute Gasteiger partial charge is 0.416 e. The molecule has 0 radical (unpaired) electrons. The van der Waals surface area contributed by atoms with Gasteiger partial charge in [-0.2, -0.15) is 13.2 Å². The first-order chi connectivity index (χ1) is 11.9. The Bertz CT molecular complexity index is 787. The van der Waals surface area contributed by atoms with Crippen LogP contribution in [0.15, 0.2) is 24.4 Å². The van der Waals surface area contributed by atoms with E-state index in [1.807, 2.05) is 4.90 Å². The molecule has 1 aromatic carbocycles. The molecule has 0 atom stereocenters. The second-order valence-electron chi connectivity index (χ2n) is 5.71. The van der Waals surface area contributed by atoms with Gasteiger partial charge in [0, 0.05) is 37.8 Å². The zero-order chi connectivity index (χ0) is 18.0. The summed E-state index contributed by atoms with van der Waals surface area (Å²) in [6, 6.07) is 3.41. The molecular formula is C17H18F3N3O2. The minimum Gasteiger partial charge on any atom is -0.462 e. The van der Waals surface area contributed by atoms with Gasteiger partial charge < -0.3 is 15.0 Å². The number of hydrogen-bond donors (Lipinski definition) is 1. The van der Waals surface area contributed by atoms with Gasteiger partial charge in [-0.15, -0.1) is 0 Å². The molecule has 2 aromatic rings. The van der Waals surface area contributed by atoms with E-state index < -0.39 is 17.7 Å². The number of piperazine rings is 1. The summed E-state index contributed by atoms with van der Waals surface area (Å²) in [6.07, 6.45) is -3.14. The average molecular weight is 353 g/mol. The van der Waals surface area contributed by atoms with Crippen LogP contribution in [0, 0.1) is 0 Å². The summed E-state index contributed by atoms with van der Waals surface area (Å²) in [6.45, 7) is 4.66. The number of rotatable bonds is 3. The number of esters is 1. The van der Waals surface area contributed by atoms with Crippen LogP contribution in [0.5, 0.6) is 0 Å². The van der Waals surface area contributed by atoms with Crippen LogP contribution >= 0.6 is 0 Å². The number of anilines is 1. The highest BCUT2D eigenvalue weighted by Gasteiger charge is 2.31. The Kier molecular flexibility index (Phi) is 4.80. The van der Waals surface area contributed by atoms with Gasteiger partial charge in [-0.25, -0.2) is 4.79 Å². The fraction of sp³-hybridized carbons (Fsp3) is 0.412. The fourth-order valence-corrected chi connectivity index (χ4v) is 2.94. The molecule has 134 valence electrons. The van der Waals surface area contributed by atoms with Crippen LogP contribution in [0.4, 0.5) is 18.9 Å². The van der Waals surface area contributed by atoms with Crippen molar-refractivity contribution in [2.24, 2.45) is 0 Å². The number of ether oxygens (including phenoxy) is 1. The van der Waals surface area contributed by atoms with E-state index in [1.54, 1.807) is 6.92 Å². The van der Waals surface area contributed by atoms with E-state index in [-0.39, 0.29) is 17.7 Å². The zero-order valence-corrected chi connectivity index (χ0v) is 13.7. The molecule has 0 spiro atoms. The van der Waals surface area contributed by atoms with Gasteiger partial charge in [0.1, 0.15) is 5.56 Å². The molecule has 1 fully saturated rings. The van der Waals surface area contributed by atoms with Gasteiger partial charge in [-0.3, -0.25) is 4.98 Å². The Morgan fingerprint density at radius 3 is 2.68 bits per heavy atom. The number of nitrogens with zero attached hydrogens (tertiary/aromatic N) is 2. The van der Waals surface area contributed by atoms with Crippen molar-refractivity contribution >= 4 is 22.6 Å². The second kappa shape index (κ2) is 6.87. The van der Waals surface area contributed by atoms with Gasteiger partial charge in [0.15, 0.2) is 0 Å². The van der Waals surface area contributed by atoms with Gasteiger partial charge in [0.05, 0.1) is 23.4 Å². The maximum absolute atomic E-state index is 13.0. The number of carbonyl (C=O) groups is 1. The van der Waals surface area contributed by atoms with Crippen molar-refractivity contribution in [1.29, 1.82) is 0 Å². The molecular weight excluding hydrogens is 335 g/mol. The summed E-state index contributed by atoms with van der Waals surface area (Å²) in [5, 5.41) is 3.73. The first kappa shape index (κ1) is 17.5. The highest BCUT2D eigenvalue weighted by Crippen LogP contribution is 2.35. The van der Waals surface area contributed by atoms with Crippen molar-refractivity contribution in [1.82, 2.24) is 10.3 Å². The van der Waals surface area contributed by atoms with E-state index in [0.717, 1.165) is 25.2 Å². The standard InChI is InChI=1S/C17H18F3N3O2/c1-2-25-16(24)13-10-22-14-9-11(17(18,19)20)3-4-12(14)15(13)23-7-5-21-6-8-23/h3-4,9-10,21H,2,5-8H2,1H3. The third kappa shape index (κ3) is 3.53. The number of pyridine rings is 1. The lowest BCUT2D eigenvalue weighted by atomic mass is 10.0. The Hall–Kier alpha value is -2.35. The van der Waals surface area contributed by atoms with Crippen LogP contribution in [0.2, 0.25) is 0 Å². The SMILES string of the molecule is CCOC(=O)c1cnc2cc(C(F)(F)F)ccc2c1N1CCNCC1. The molecule has 0 unspecified atom stereocenters. The van der Waals surface area contributed by atoms with Gasteiger partial charge in [0.25, 0.3) is 0 Å². The van der Waals surface area contributed by atoms with Crippen LogP contribution in [0.1, 0.15) is 22.8 Å². The highest BCUT2D eigenvalue weighted by atomic mass is 19.4. The first-order valence-electron chi connectivity index (χ1n) is 8.04. The molecule has 0 bridgehead atoms. The van der Waals surface area contributed by atoms with E-state index in [1.165, 1.54) is 12.3 Å². The molecule has 2 heterocycles. The lowest BCUT2D eigenvalue weighted by Crippen LogP contribution is -2.44. The van der Waals surface area contributed by atoms with Crippen LogP contribution in [-0.4, -0.2) is 43.7 Å². The van der Waals surface area contributed by atoms with Gasteiger partial charge in [-0.05, 0) is 19.1 Å². The topological polar surface area (TPSA) is 54.5 Å². The summed E-state index contributed by atoms with van der Waals surface area (Å²) in [5.74, 6) is -0.523. The Morgan fingerprint density at radius 2 is 2.04 bits per heavy atom. The quantitative estimate of drug-likeness (QED) is 0.860. The molecule has 1 N–H and O–H groups in total. The Morgan fingerprint density at radius 1 is 1.32 bits per heavy atom. The van der Waals surface area contributed by atoms with Crippen molar-refractivity contribution in [2.75, 3.05) is 37.7 Å². The third-order valence-electron chi connectivity index (χ3n) is 4.10. The maximum Gasteiger partial charge on any atom is 0.416 e. The maximum atomic E-state index is 13.0. The number of carbonyl (C=O) groups excluding carboxylic acids is 1. The van der Waals surface area contributed by atoms with Crippen molar-refractivity contribution in [3.63, 3.8) is 0 Å². The summed E-state index contributed by atoms with van der Waals surface area (Å²) in [4.78, 5) is 18.4. The molecule has 25 heavy (non-hydrogen) atoms. The van der Waals surface area contributed by atoms with Crippen LogP contribution in [-0.2, 0) is 10.9 Å². The van der Waals surface area contributed by atoms with Crippen molar-refractivity contribution in [2.45, 2.75) is 13.1 Å². The summed E-state index contributed by atoms with van der Waals surface area (Å²) >= 11 is 0. The molecule has 8 heteroatoms. The Balaban J connectivity index is 2.17. The van der Waals surface area contributed by atoms with Crippen LogP contribution in [0.3, 0.4) is 0 Å². The molecule has 1 aliphatic rings. The summed E-state index contributed by atoms with van der Waals surface area (Å²) in [5.41, 5.74) is 0.300. The number of fused-ring (bicyclic) bond motifs is 1. The molecule has 0 aliphatic carbocycles. The number of hydrogen-bond acceptors (Lipinski definition) is 5. The molecule has 3 rings (SSSR count). The first-order valence-corrected chi connectivity index (χ1v) is 8.04.